The van der Waals surface area contributed by atoms with Crippen molar-refractivity contribution in [1.82, 2.24) is 0 Å². The molecule has 21 heavy (non-hydrogen) atoms. The maximum atomic E-state index is 14.0. The van der Waals surface area contributed by atoms with Gasteiger partial charge in [-0.3, -0.25) is 0 Å². The molecule has 0 saturated heterocycles. The van der Waals surface area contributed by atoms with Gasteiger partial charge in [-0.05, 0) is 48.9 Å². The Hall–Kier alpha value is -1.72. The largest absolute Gasteiger partial charge is 0.459 e. The molecule has 0 aliphatic heterocycles. The van der Waals surface area contributed by atoms with Gasteiger partial charge in [0.15, 0.2) is 0 Å². The van der Waals surface area contributed by atoms with E-state index in [1.807, 2.05) is 12.1 Å². The van der Waals surface area contributed by atoms with Gasteiger partial charge < -0.3 is 10.2 Å². The van der Waals surface area contributed by atoms with Gasteiger partial charge in [-0.2, -0.15) is 0 Å². The van der Waals surface area contributed by atoms with E-state index < -0.39 is 17.7 Å². The smallest absolute Gasteiger partial charge is 0.134 e. The molecule has 3 aromatic rings. The van der Waals surface area contributed by atoms with E-state index in [2.05, 4.69) is 15.9 Å². The molecule has 1 aromatic heterocycles. The Morgan fingerprint density at radius 1 is 1.10 bits per heavy atom. The van der Waals surface area contributed by atoms with Crippen molar-refractivity contribution in [2.24, 2.45) is 5.73 Å². The molecule has 0 fully saturated rings. The first-order valence-corrected chi connectivity index (χ1v) is 7.15. The molecule has 2 aromatic carbocycles. The molecule has 0 bridgehead atoms. The lowest BCUT2D eigenvalue weighted by atomic mass is 10.0. The van der Waals surface area contributed by atoms with Crippen molar-refractivity contribution >= 4 is 26.9 Å². The maximum absolute atomic E-state index is 14.0. The maximum Gasteiger partial charge on any atom is 0.134 e. The summed E-state index contributed by atoms with van der Waals surface area (Å²) in [5.41, 5.74) is 7.00. The molecule has 108 valence electrons. The molecule has 0 spiro atoms. The van der Waals surface area contributed by atoms with Crippen molar-refractivity contribution in [2.75, 3.05) is 0 Å². The van der Waals surface area contributed by atoms with E-state index in [0.717, 1.165) is 22.0 Å². The highest BCUT2D eigenvalue weighted by Crippen LogP contribution is 2.30. The Bertz CT molecular complexity index is 829. The number of benzene rings is 2. The third-order valence-corrected chi connectivity index (χ3v) is 3.91. The lowest BCUT2D eigenvalue weighted by Gasteiger charge is -2.11. The van der Waals surface area contributed by atoms with Crippen molar-refractivity contribution < 1.29 is 13.2 Å². The summed E-state index contributed by atoms with van der Waals surface area (Å²) >= 11 is 3.37. The second-order valence-electron chi connectivity index (χ2n) is 4.93. The molecule has 2 N–H and O–H groups in total. The van der Waals surface area contributed by atoms with Gasteiger partial charge in [0, 0.05) is 15.4 Å². The van der Waals surface area contributed by atoms with Crippen molar-refractivity contribution in [1.29, 1.82) is 0 Å². The second-order valence-corrected chi connectivity index (χ2v) is 5.85. The van der Waals surface area contributed by atoms with E-state index in [0.29, 0.717) is 11.3 Å². The first-order chi connectivity index (χ1) is 9.95. The highest BCUT2D eigenvalue weighted by Gasteiger charge is 2.19. The third-order valence-electron chi connectivity index (χ3n) is 3.42. The minimum atomic E-state index is -0.855. The van der Waals surface area contributed by atoms with Crippen LogP contribution < -0.4 is 5.73 Å². The topological polar surface area (TPSA) is 39.2 Å². The van der Waals surface area contributed by atoms with Crippen LogP contribution >= 0.6 is 15.9 Å². The molecule has 1 unspecified atom stereocenters. The number of rotatable bonds is 2. The molecule has 0 amide bonds. The van der Waals surface area contributed by atoms with Crippen LogP contribution in [0.3, 0.4) is 0 Å². The number of hydrogen-bond acceptors (Lipinski definition) is 2. The average Bonchev–Trinajstić information content (AvgIpc) is 2.85. The lowest BCUT2D eigenvalue weighted by molar-refractivity contribution is 0.505. The van der Waals surface area contributed by atoms with Crippen molar-refractivity contribution in [3.05, 3.63) is 69.4 Å². The standard InChI is InChI=1S/C16H12BrF2NO/c1-8-4-13(19)11(7-12(8)18)16(20)15-6-9-5-10(17)2-3-14(9)21-15/h2-7,16H,20H2,1H3. The zero-order valence-electron chi connectivity index (χ0n) is 11.2. The van der Waals surface area contributed by atoms with Gasteiger partial charge in [-0.25, -0.2) is 8.78 Å². The molecular weight excluding hydrogens is 340 g/mol. The summed E-state index contributed by atoms with van der Waals surface area (Å²) in [6.07, 6.45) is 0. The van der Waals surface area contributed by atoms with Gasteiger partial charge in [0.25, 0.3) is 0 Å². The molecule has 0 aliphatic carbocycles. The molecule has 1 heterocycles. The molecule has 0 saturated carbocycles. The van der Waals surface area contributed by atoms with Crippen LogP contribution in [0.2, 0.25) is 0 Å². The SMILES string of the molecule is Cc1cc(F)c(C(N)c2cc3cc(Br)ccc3o2)cc1F. The molecule has 5 heteroatoms. The summed E-state index contributed by atoms with van der Waals surface area (Å²) in [6.45, 7) is 1.51. The normalized spacial score (nSPS) is 12.8. The van der Waals surface area contributed by atoms with Crippen LogP contribution in [-0.2, 0) is 0 Å². The fraction of sp³-hybridized carbons (Fsp3) is 0.125. The Balaban J connectivity index is 2.07. The van der Waals surface area contributed by atoms with Crippen LogP contribution in [0.4, 0.5) is 8.78 Å². The van der Waals surface area contributed by atoms with Gasteiger partial charge in [0.05, 0.1) is 6.04 Å². The van der Waals surface area contributed by atoms with Crippen LogP contribution in [0.25, 0.3) is 11.0 Å². The van der Waals surface area contributed by atoms with Gasteiger partial charge in [0.2, 0.25) is 0 Å². The minimum absolute atomic E-state index is 0.0798. The summed E-state index contributed by atoms with van der Waals surface area (Å²) in [4.78, 5) is 0. The average molecular weight is 352 g/mol. The van der Waals surface area contributed by atoms with E-state index in [1.165, 1.54) is 6.92 Å². The molecule has 1 atom stereocenters. The Morgan fingerprint density at radius 2 is 1.86 bits per heavy atom. The van der Waals surface area contributed by atoms with Crippen molar-refractivity contribution in [3.63, 3.8) is 0 Å². The number of aryl methyl sites for hydroxylation is 1. The van der Waals surface area contributed by atoms with Gasteiger partial charge in [-0.15, -0.1) is 0 Å². The highest BCUT2D eigenvalue weighted by atomic mass is 79.9. The Morgan fingerprint density at radius 3 is 2.62 bits per heavy atom. The van der Waals surface area contributed by atoms with Crippen LogP contribution in [0, 0.1) is 18.6 Å². The Labute approximate surface area is 128 Å². The van der Waals surface area contributed by atoms with E-state index in [4.69, 9.17) is 10.2 Å². The molecule has 0 radical (unpaired) electrons. The molecular formula is C16H12BrF2NO. The number of halogens is 3. The minimum Gasteiger partial charge on any atom is -0.459 e. The summed E-state index contributed by atoms with van der Waals surface area (Å²) in [5, 5.41) is 0.850. The van der Waals surface area contributed by atoms with Crippen molar-refractivity contribution in [2.45, 2.75) is 13.0 Å². The lowest BCUT2D eigenvalue weighted by Crippen LogP contribution is -2.13. The predicted octanol–water partition coefficient (Wildman–Crippen LogP) is 4.83. The fourth-order valence-electron chi connectivity index (χ4n) is 2.24. The van der Waals surface area contributed by atoms with E-state index in [9.17, 15) is 8.78 Å². The zero-order chi connectivity index (χ0) is 15.1. The summed E-state index contributed by atoms with van der Waals surface area (Å²) in [6, 6.07) is 8.66. The van der Waals surface area contributed by atoms with E-state index >= 15 is 0 Å². The number of nitrogens with two attached hydrogens (primary N) is 1. The number of fused-ring (bicyclic) bond motifs is 1. The van der Waals surface area contributed by atoms with Gasteiger partial charge in [0.1, 0.15) is 23.0 Å². The summed E-state index contributed by atoms with van der Waals surface area (Å²) in [7, 11) is 0. The zero-order valence-corrected chi connectivity index (χ0v) is 12.7. The van der Waals surface area contributed by atoms with E-state index in [1.54, 1.807) is 12.1 Å². The molecule has 3 rings (SSSR count). The summed E-state index contributed by atoms with van der Waals surface area (Å²) < 4.78 is 34.2. The first kappa shape index (κ1) is 14.2. The van der Waals surface area contributed by atoms with Crippen LogP contribution in [0.1, 0.15) is 22.9 Å². The highest BCUT2D eigenvalue weighted by molar-refractivity contribution is 9.10. The Kier molecular flexibility index (Phi) is 3.55. The van der Waals surface area contributed by atoms with Crippen LogP contribution in [0.15, 0.2) is 45.3 Å². The first-order valence-electron chi connectivity index (χ1n) is 6.36. The second kappa shape index (κ2) is 5.24. The summed E-state index contributed by atoms with van der Waals surface area (Å²) in [5.74, 6) is -0.631. The van der Waals surface area contributed by atoms with Gasteiger partial charge in [-0.1, -0.05) is 15.9 Å². The predicted molar refractivity (Wildman–Crippen MR) is 81.0 cm³/mol. The van der Waals surface area contributed by atoms with Crippen LogP contribution in [0.5, 0.6) is 0 Å². The van der Waals surface area contributed by atoms with Gasteiger partial charge >= 0.3 is 0 Å². The quantitative estimate of drug-likeness (QED) is 0.718. The van der Waals surface area contributed by atoms with Crippen LogP contribution in [-0.4, -0.2) is 0 Å². The third kappa shape index (κ3) is 2.59. The van der Waals surface area contributed by atoms with E-state index in [-0.39, 0.29) is 11.1 Å². The number of furan rings is 1. The fourth-order valence-corrected chi connectivity index (χ4v) is 2.62. The molecule has 2 nitrogen and oxygen atoms in total. The monoisotopic (exact) mass is 351 g/mol. The van der Waals surface area contributed by atoms with Crippen molar-refractivity contribution in [3.8, 4) is 0 Å². The molecule has 0 aliphatic rings. The number of hydrogen-bond donors (Lipinski definition) is 1.